The van der Waals surface area contributed by atoms with Crippen molar-refractivity contribution in [1.82, 2.24) is 14.7 Å². The normalized spacial score (nSPS) is 11.6. The summed E-state index contributed by atoms with van der Waals surface area (Å²) in [6, 6.07) is 0. The van der Waals surface area contributed by atoms with Crippen molar-refractivity contribution in [3.63, 3.8) is 0 Å². The van der Waals surface area contributed by atoms with Crippen molar-refractivity contribution in [2.24, 2.45) is 0 Å². The third kappa shape index (κ3) is 3.14. The maximum atomic E-state index is 11.8. The summed E-state index contributed by atoms with van der Waals surface area (Å²) in [6.07, 6.45) is 0.709. The fourth-order valence-corrected chi connectivity index (χ4v) is 3.49. The maximum absolute atomic E-state index is 11.8. The van der Waals surface area contributed by atoms with Crippen LogP contribution in [0, 0.1) is 6.92 Å². The number of aliphatic carboxylic acids is 1. The molecule has 0 aliphatic rings. The highest BCUT2D eigenvalue weighted by atomic mass is 32.2. The average molecular weight is 341 g/mol. The summed E-state index contributed by atoms with van der Waals surface area (Å²) in [5, 5.41) is 13.8. The zero-order valence-electron chi connectivity index (χ0n) is 12.2. The van der Waals surface area contributed by atoms with Crippen molar-refractivity contribution in [3.05, 3.63) is 16.8 Å². The van der Waals surface area contributed by atoms with Crippen LogP contribution >= 0.6 is 23.1 Å². The number of amides is 1. The van der Waals surface area contributed by atoms with E-state index < -0.39 is 17.4 Å². The third-order valence-corrected chi connectivity index (χ3v) is 4.90. The summed E-state index contributed by atoms with van der Waals surface area (Å²) in [5.74, 6) is -1.55. The Kier molecular flexibility index (Phi) is 4.57. The summed E-state index contributed by atoms with van der Waals surface area (Å²) >= 11 is 2.52. The minimum Gasteiger partial charge on any atom is -0.480 e. The number of hydrogen-bond acceptors (Lipinski definition) is 6. The molecule has 0 unspecified atom stereocenters. The number of hydrogen-bond donors (Lipinski definition) is 2. The molecule has 7 nitrogen and oxygen atoms in total. The van der Waals surface area contributed by atoms with Gasteiger partial charge < -0.3 is 10.4 Å². The van der Waals surface area contributed by atoms with Crippen molar-refractivity contribution in [1.29, 1.82) is 0 Å². The lowest BCUT2D eigenvalue weighted by Crippen LogP contribution is -2.50. The number of carboxylic acids is 1. The summed E-state index contributed by atoms with van der Waals surface area (Å²) in [4.78, 5) is 39.1. The van der Waals surface area contributed by atoms with Gasteiger partial charge in [-0.1, -0.05) is 11.8 Å². The monoisotopic (exact) mass is 341 g/mol. The van der Waals surface area contributed by atoms with Crippen molar-refractivity contribution in [3.8, 4) is 0 Å². The Labute approximate surface area is 134 Å². The van der Waals surface area contributed by atoms with Crippen LogP contribution in [0.1, 0.15) is 30.0 Å². The van der Waals surface area contributed by atoms with Crippen LogP contribution in [0.2, 0.25) is 0 Å². The fraction of sp³-hybridized carbons (Fsp3) is 0.385. The number of aromatic nitrogens is 2. The molecule has 0 spiro atoms. The smallest absolute Gasteiger partial charge is 0.328 e. The van der Waals surface area contributed by atoms with E-state index >= 15 is 0 Å². The highest BCUT2D eigenvalue weighted by Gasteiger charge is 2.29. The number of fused-ring (bicyclic) bond motifs is 1. The highest BCUT2D eigenvalue weighted by molar-refractivity contribution is 8.00. The van der Waals surface area contributed by atoms with E-state index in [0.717, 1.165) is 17.5 Å². The van der Waals surface area contributed by atoms with Crippen molar-refractivity contribution < 1.29 is 19.5 Å². The van der Waals surface area contributed by atoms with Gasteiger partial charge in [0.2, 0.25) is 5.91 Å². The van der Waals surface area contributed by atoms with E-state index in [4.69, 9.17) is 5.11 Å². The van der Waals surface area contributed by atoms with Gasteiger partial charge >= 0.3 is 5.97 Å². The Hall–Kier alpha value is -1.87. The topological polar surface area (TPSA) is 101 Å². The van der Waals surface area contributed by atoms with Crippen LogP contribution in [-0.4, -0.2) is 43.9 Å². The first-order chi connectivity index (χ1) is 10.3. The molecule has 22 heavy (non-hydrogen) atoms. The lowest BCUT2D eigenvalue weighted by molar-refractivity contribution is -0.145. The molecule has 0 radical (unpaired) electrons. The molecule has 0 saturated heterocycles. The highest BCUT2D eigenvalue weighted by Crippen LogP contribution is 2.26. The molecular formula is C13H15N3O4S2. The molecule has 2 heterocycles. The molecule has 9 heteroatoms. The zero-order valence-corrected chi connectivity index (χ0v) is 13.9. The van der Waals surface area contributed by atoms with E-state index in [1.54, 1.807) is 4.40 Å². The number of aryl methyl sites for hydroxylation is 1. The molecule has 2 N–H and O–H groups in total. The Morgan fingerprint density at radius 1 is 1.55 bits per heavy atom. The number of aldehydes is 1. The predicted octanol–water partition coefficient (Wildman–Crippen LogP) is 1.59. The molecule has 0 saturated carbocycles. The van der Waals surface area contributed by atoms with E-state index in [0.29, 0.717) is 22.0 Å². The van der Waals surface area contributed by atoms with E-state index in [9.17, 15) is 14.4 Å². The van der Waals surface area contributed by atoms with Gasteiger partial charge in [0, 0.05) is 11.1 Å². The summed E-state index contributed by atoms with van der Waals surface area (Å²) < 4.78 is 1.74. The average Bonchev–Trinajstić information content (AvgIpc) is 2.95. The fourth-order valence-electron chi connectivity index (χ4n) is 1.78. The molecule has 0 bridgehead atoms. The number of nitrogens with zero attached hydrogens (tertiary/aromatic N) is 2. The first-order valence-electron chi connectivity index (χ1n) is 6.35. The standard InChI is InChI=1S/C13H15N3O4S2/c1-7-5-22-12-14-10(8(4-17)16(7)12)21-6-9(18)15-13(2,3)11(19)20/h4-5H,6H2,1-3H3,(H,15,18)(H,19,20). The van der Waals surface area contributed by atoms with Crippen LogP contribution < -0.4 is 5.32 Å². The molecule has 0 aromatic carbocycles. The molecule has 0 fully saturated rings. The van der Waals surface area contributed by atoms with Gasteiger partial charge in [0.1, 0.15) is 16.3 Å². The van der Waals surface area contributed by atoms with E-state index in [2.05, 4.69) is 10.3 Å². The molecule has 0 aliphatic heterocycles. The van der Waals surface area contributed by atoms with Gasteiger partial charge in [-0.25, -0.2) is 9.78 Å². The molecular weight excluding hydrogens is 326 g/mol. The lowest BCUT2D eigenvalue weighted by Gasteiger charge is -2.20. The Morgan fingerprint density at radius 2 is 2.23 bits per heavy atom. The predicted molar refractivity (Wildman–Crippen MR) is 83.8 cm³/mol. The third-order valence-electron chi connectivity index (χ3n) is 2.97. The minimum absolute atomic E-state index is 0.0125. The van der Waals surface area contributed by atoms with E-state index in [1.807, 2.05) is 12.3 Å². The number of thiazole rings is 1. The van der Waals surface area contributed by atoms with Crippen LogP contribution in [0.15, 0.2) is 10.4 Å². The van der Waals surface area contributed by atoms with Crippen LogP contribution in [0.5, 0.6) is 0 Å². The van der Waals surface area contributed by atoms with Crippen LogP contribution in [0.4, 0.5) is 0 Å². The van der Waals surface area contributed by atoms with Crippen molar-refractivity contribution in [2.75, 3.05) is 5.75 Å². The second-order valence-electron chi connectivity index (χ2n) is 5.18. The molecule has 118 valence electrons. The number of nitrogens with one attached hydrogen (secondary N) is 1. The maximum Gasteiger partial charge on any atom is 0.328 e. The molecule has 2 aromatic rings. The number of rotatable bonds is 6. The van der Waals surface area contributed by atoms with Gasteiger partial charge in [0.05, 0.1) is 5.75 Å². The largest absolute Gasteiger partial charge is 0.480 e. The van der Waals surface area contributed by atoms with Gasteiger partial charge in [-0.15, -0.1) is 11.3 Å². The van der Waals surface area contributed by atoms with Crippen molar-refractivity contribution in [2.45, 2.75) is 31.3 Å². The van der Waals surface area contributed by atoms with Gasteiger partial charge in [-0.3, -0.25) is 14.0 Å². The number of thioether (sulfide) groups is 1. The van der Waals surface area contributed by atoms with Crippen molar-refractivity contribution >= 4 is 46.2 Å². The summed E-state index contributed by atoms with van der Waals surface area (Å²) in [7, 11) is 0. The van der Waals surface area contributed by atoms with Crippen LogP contribution in [0.25, 0.3) is 4.96 Å². The summed E-state index contributed by atoms with van der Waals surface area (Å²) in [5.41, 5.74) is -0.0297. The number of carbonyl (C=O) groups is 3. The molecule has 2 aromatic heterocycles. The first kappa shape index (κ1) is 16.5. The SMILES string of the molecule is Cc1csc2nc(SCC(=O)NC(C)(C)C(=O)O)c(C=O)n12. The quantitative estimate of drug-likeness (QED) is 0.611. The summed E-state index contributed by atoms with van der Waals surface area (Å²) in [6.45, 7) is 4.68. The van der Waals surface area contributed by atoms with E-state index in [1.165, 1.54) is 25.2 Å². The van der Waals surface area contributed by atoms with Gasteiger partial charge in [0.25, 0.3) is 0 Å². The second-order valence-corrected chi connectivity index (χ2v) is 6.98. The van der Waals surface area contributed by atoms with Crippen LogP contribution in [-0.2, 0) is 9.59 Å². The van der Waals surface area contributed by atoms with Gasteiger partial charge in [0.15, 0.2) is 11.2 Å². The Bertz CT molecular complexity index is 748. The number of imidazole rings is 1. The van der Waals surface area contributed by atoms with Gasteiger partial charge in [-0.05, 0) is 20.8 Å². The first-order valence-corrected chi connectivity index (χ1v) is 8.21. The van der Waals surface area contributed by atoms with Gasteiger partial charge in [-0.2, -0.15) is 0 Å². The van der Waals surface area contributed by atoms with Crippen LogP contribution in [0.3, 0.4) is 0 Å². The number of carboxylic acid groups (broad SMARTS) is 1. The molecule has 1 amide bonds. The zero-order chi connectivity index (χ0) is 16.5. The Morgan fingerprint density at radius 3 is 2.82 bits per heavy atom. The molecule has 0 atom stereocenters. The minimum atomic E-state index is -1.34. The van der Waals surface area contributed by atoms with E-state index in [-0.39, 0.29) is 5.75 Å². The molecule has 2 rings (SSSR count). The lowest BCUT2D eigenvalue weighted by atomic mass is 10.1. The second kappa shape index (κ2) is 6.09. The molecule has 0 aliphatic carbocycles. The number of carbonyl (C=O) groups excluding carboxylic acids is 2. The Balaban J connectivity index is 2.10.